The van der Waals surface area contributed by atoms with Crippen molar-refractivity contribution in [3.8, 4) is 0 Å². The molecular formula is C18H24IN5OS. The number of guanidine groups is 1. The molecule has 26 heavy (non-hydrogen) atoms. The van der Waals surface area contributed by atoms with E-state index in [0.29, 0.717) is 13.1 Å². The van der Waals surface area contributed by atoms with E-state index in [1.54, 1.807) is 18.4 Å². The Labute approximate surface area is 175 Å². The predicted octanol–water partition coefficient (Wildman–Crippen LogP) is 3.20. The van der Waals surface area contributed by atoms with Gasteiger partial charge in [-0.3, -0.25) is 9.79 Å². The maximum absolute atomic E-state index is 12.2. The molecule has 0 aliphatic carbocycles. The number of fused-ring (bicyclic) bond motifs is 1. The van der Waals surface area contributed by atoms with E-state index in [0.717, 1.165) is 34.3 Å². The molecule has 1 amide bonds. The topological polar surface area (TPSA) is 69.6 Å². The second-order valence-electron chi connectivity index (χ2n) is 6.11. The number of aliphatic imine (C=N–C) groups is 1. The van der Waals surface area contributed by atoms with Crippen LogP contribution in [0.1, 0.15) is 28.6 Å². The lowest BCUT2D eigenvalue weighted by Gasteiger charge is -2.21. The van der Waals surface area contributed by atoms with Gasteiger partial charge in [0.15, 0.2) is 5.96 Å². The summed E-state index contributed by atoms with van der Waals surface area (Å²) in [5.41, 5.74) is 3.05. The third-order valence-electron chi connectivity index (χ3n) is 4.27. The fourth-order valence-electron chi connectivity index (χ4n) is 3.07. The van der Waals surface area contributed by atoms with Crippen LogP contribution in [0.2, 0.25) is 0 Å². The molecule has 1 aliphatic heterocycles. The summed E-state index contributed by atoms with van der Waals surface area (Å²) >= 11 is 1.65. The smallest absolute Gasteiger partial charge is 0.232 e. The first kappa shape index (κ1) is 20.6. The Hall–Kier alpha value is -1.68. The molecule has 3 rings (SSSR count). The molecule has 0 saturated heterocycles. The van der Waals surface area contributed by atoms with Crippen LogP contribution in [-0.4, -0.2) is 42.4 Å². The number of anilines is 1. The van der Waals surface area contributed by atoms with Gasteiger partial charge in [0.25, 0.3) is 0 Å². The fourth-order valence-corrected chi connectivity index (χ4v) is 3.68. The van der Waals surface area contributed by atoms with Crippen LogP contribution >= 0.6 is 35.3 Å². The lowest BCUT2D eigenvalue weighted by atomic mass is 9.97. The lowest BCUT2D eigenvalue weighted by Crippen LogP contribution is -2.39. The van der Waals surface area contributed by atoms with Crippen molar-refractivity contribution < 1.29 is 4.79 Å². The molecule has 2 heterocycles. The molecule has 1 unspecified atom stereocenters. The average Bonchev–Trinajstić information content (AvgIpc) is 3.14. The van der Waals surface area contributed by atoms with Crippen molar-refractivity contribution >= 4 is 52.9 Å². The second-order valence-corrected chi connectivity index (χ2v) is 7.17. The molecule has 1 aromatic carbocycles. The maximum atomic E-state index is 12.2. The summed E-state index contributed by atoms with van der Waals surface area (Å²) < 4.78 is 0. The quantitative estimate of drug-likeness (QED) is 0.388. The average molecular weight is 485 g/mol. The highest BCUT2D eigenvalue weighted by molar-refractivity contribution is 14.0. The van der Waals surface area contributed by atoms with Crippen molar-refractivity contribution in [3.63, 3.8) is 0 Å². The minimum Gasteiger partial charge on any atom is -0.356 e. The number of para-hydroxylation sites is 1. The predicted molar refractivity (Wildman–Crippen MR) is 118 cm³/mol. The molecule has 0 radical (unpaired) electrons. The molecule has 0 saturated carbocycles. The molecule has 8 heteroatoms. The maximum Gasteiger partial charge on any atom is 0.232 e. The van der Waals surface area contributed by atoms with Gasteiger partial charge in [0, 0.05) is 31.7 Å². The number of hydrogen-bond acceptors (Lipinski definition) is 4. The van der Waals surface area contributed by atoms with E-state index < -0.39 is 0 Å². The van der Waals surface area contributed by atoms with Crippen LogP contribution in [0.5, 0.6) is 0 Å². The number of nitrogens with zero attached hydrogens (tertiary/aromatic N) is 3. The Balaban J connectivity index is 0.00000243. The molecule has 6 nitrogen and oxygen atoms in total. The fraction of sp³-hybridized carbons (Fsp3) is 0.389. The Morgan fingerprint density at radius 2 is 2.19 bits per heavy atom. The minimum atomic E-state index is -0.103. The zero-order chi connectivity index (χ0) is 17.8. The molecule has 1 aliphatic rings. The van der Waals surface area contributed by atoms with Crippen molar-refractivity contribution in [1.82, 2.24) is 15.2 Å². The number of carbonyl (C=O) groups is 1. The van der Waals surface area contributed by atoms with Crippen molar-refractivity contribution in [3.05, 3.63) is 45.9 Å². The van der Waals surface area contributed by atoms with Gasteiger partial charge in [-0.2, -0.15) is 0 Å². The molecular weight excluding hydrogens is 461 g/mol. The molecule has 140 valence electrons. The highest BCUT2D eigenvalue weighted by atomic mass is 127. The van der Waals surface area contributed by atoms with Gasteiger partial charge in [0.05, 0.1) is 23.2 Å². The number of benzene rings is 1. The first-order valence-electron chi connectivity index (χ1n) is 8.31. The first-order chi connectivity index (χ1) is 12.1. The van der Waals surface area contributed by atoms with Gasteiger partial charge in [-0.1, -0.05) is 18.2 Å². The van der Waals surface area contributed by atoms with Gasteiger partial charge in [0.2, 0.25) is 5.91 Å². The second kappa shape index (κ2) is 9.31. The monoisotopic (exact) mass is 485 g/mol. The van der Waals surface area contributed by atoms with Gasteiger partial charge in [0.1, 0.15) is 0 Å². The van der Waals surface area contributed by atoms with Gasteiger partial charge in [-0.15, -0.1) is 35.3 Å². The molecule has 0 spiro atoms. The third kappa shape index (κ3) is 4.73. The van der Waals surface area contributed by atoms with Crippen LogP contribution in [0, 0.1) is 6.92 Å². The number of amides is 1. The van der Waals surface area contributed by atoms with E-state index in [4.69, 9.17) is 0 Å². The van der Waals surface area contributed by atoms with Crippen LogP contribution in [0.4, 0.5) is 5.69 Å². The molecule has 1 atom stereocenters. The summed E-state index contributed by atoms with van der Waals surface area (Å²) in [4.78, 5) is 23.0. The van der Waals surface area contributed by atoms with Crippen LogP contribution < -0.4 is 10.6 Å². The SMILES string of the molecule is CN=C(NCCC1C(=O)Nc2ccccc21)N(C)Cc1csc(C)n1.I. The molecule has 2 N–H and O–H groups in total. The number of aromatic nitrogens is 1. The number of hydrogen-bond donors (Lipinski definition) is 2. The van der Waals surface area contributed by atoms with Crippen LogP contribution in [0.25, 0.3) is 0 Å². The number of carbonyl (C=O) groups excluding carboxylic acids is 1. The number of halogens is 1. The van der Waals surface area contributed by atoms with E-state index in [9.17, 15) is 4.79 Å². The van der Waals surface area contributed by atoms with Crippen molar-refractivity contribution in [2.75, 3.05) is 26.0 Å². The molecule has 0 fully saturated rings. The number of nitrogens with one attached hydrogen (secondary N) is 2. The first-order valence-corrected chi connectivity index (χ1v) is 9.19. The van der Waals surface area contributed by atoms with Crippen LogP contribution in [0.3, 0.4) is 0 Å². The Morgan fingerprint density at radius 3 is 2.88 bits per heavy atom. The van der Waals surface area contributed by atoms with E-state index >= 15 is 0 Å². The van der Waals surface area contributed by atoms with Crippen LogP contribution in [0.15, 0.2) is 34.6 Å². The summed E-state index contributed by atoms with van der Waals surface area (Å²) in [6.45, 7) is 3.39. The van der Waals surface area contributed by atoms with Crippen molar-refractivity contribution in [2.24, 2.45) is 4.99 Å². The van der Waals surface area contributed by atoms with E-state index in [1.165, 1.54) is 0 Å². The third-order valence-corrected chi connectivity index (χ3v) is 5.09. The lowest BCUT2D eigenvalue weighted by molar-refractivity contribution is -0.117. The molecule has 2 aromatic rings. The van der Waals surface area contributed by atoms with E-state index in [-0.39, 0.29) is 35.8 Å². The highest BCUT2D eigenvalue weighted by Gasteiger charge is 2.29. The summed E-state index contributed by atoms with van der Waals surface area (Å²) in [6, 6.07) is 7.88. The van der Waals surface area contributed by atoms with Gasteiger partial charge < -0.3 is 15.5 Å². The van der Waals surface area contributed by atoms with Gasteiger partial charge in [-0.05, 0) is 25.0 Å². The zero-order valence-corrected chi connectivity index (χ0v) is 18.3. The highest BCUT2D eigenvalue weighted by Crippen LogP contribution is 2.33. The standard InChI is InChI=1S/C18H23N5OS.HI/c1-12-21-13(11-25-12)10-23(3)18(19-2)20-9-8-15-14-6-4-5-7-16(14)22-17(15)24;/h4-7,11,15H,8-10H2,1-3H3,(H,19,20)(H,22,24);1H. The summed E-state index contributed by atoms with van der Waals surface area (Å²) in [5, 5.41) is 9.42. The number of rotatable bonds is 5. The number of aryl methyl sites for hydroxylation is 1. The molecule has 1 aromatic heterocycles. The zero-order valence-electron chi connectivity index (χ0n) is 15.2. The largest absolute Gasteiger partial charge is 0.356 e. The van der Waals surface area contributed by atoms with Crippen molar-refractivity contribution in [2.45, 2.75) is 25.8 Å². The normalized spacial score (nSPS) is 15.9. The Kier molecular flexibility index (Phi) is 7.39. The van der Waals surface area contributed by atoms with Gasteiger partial charge in [-0.25, -0.2) is 4.98 Å². The number of thiazole rings is 1. The van der Waals surface area contributed by atoms with E-state index in [1.807, 2.05) is 43.1 Å². The van der Waals surface area contributed by atoms with Gasteiger partial charge >= 0.3 is 0 Å². The van der Waals surface area contributed by atoms with Crippen LogP contribution in [-0.2, 0) is 11.3 Å². The van der Waals surface area contributed by atoms with Crippen molar-refractivity contribution in [1.29, 1.82) is 0 Å². The Bertz CT molecular complexity index is 791. The summed E-state index contributed by atoms with van der Waals surface area (Å²) in [5.74, 6) is 0.773. The summed E-state index contributed by atoms with van der Waals surface area (Å²) in [7, 11) is 3.75. The minimum absolute atomic E-state index is 0. The summed E-state index contributed by atoms with van der Waals surface area (Å²) in [6.07, 6.45) is 0.728. The Morgan fingerprint density at radius 1 is 1.42 bits per heavy atom. The van der Waals surface area contributed by atoms with E-state index in [2.05, 4.69) is 26.0 Å². The molecule has 0 bridgehead atoms.